The van der Waals surface area contributed by atoms with Gasteiger partial charge in [0.05, 0.1) is 18.9 Å². The molecule has 7 nitrogen and oxygen atoms in total. The highest BCUT2D eigenvalue weighted by molar-refractivity contribution is 7.89. The summed E-state index contributed by atoms with van der Waals surface area (Å²) in [6, 6.07) is 1.42. The molecule has 102 valence electrons. The molecule has 1 atom stereocenters. The predicted octanol–water partition coefficient (Wildman–Crippen LogP) is -0.591. The third-order valence-corrected chi connectivity index (χ3v) is 4.29. The number of aromatic nitrogens is 2. The maximum atomic E-state index is 11.8. The Bertz CT molecular complexity index is 459. The summed E-state index contributed by atoms with van der Waals surface area (Å²) in [5.41, 5.74) is 0. The molecule has 0 radical (unpaired) electrons. The minimum Gasteiger partial charge on any atom is -0.374 e. The molecule has 0 saturated carbocycles. The van der Waals surface area contributed by atoms with Crippen LogP contribution in [0.2, 0.25) is 0 Å². The van der Waals surface area contributed by atoms with Crippen molar-refractivity contribution >= 4 is 10.0 Å². The van der Waals surface area contributed by atoms with Crippen LogP contribution in [0.25, 0.3) is 0 Å². The molecule has 0 aromatic carbocycles. The molecule has 8 heteroatoms. The monoisotopic (exact) mass is 274 g/mol. The van der Waals surface area contributed by atoms with Gasteiger partial charge >= 0.3 is 0 Å². The van der Waals surface area contributed by atoms with Crippen LogP contribution in [0.4, 0.5) is 0 Å². The number of hydrogen-bond donors (Lipinski definition) is 2. The van der Waals surface area contributed by atoms with Gasteiger partial charge in [-0.05, 0) is 12.6 Å². The van der Waals surface area contributed by atoms with Crippen LogP contribution in [-0.4, -0.2) is 62.4 Å². The number of nitrogens with one attached hydrogen (secondary N) is 2. The van der Waals surface area contributed by atoms with Crippen molar-refractivity contribution in [2.75, 3.05) is 32.8 Å². The van der Waals surface area contributed by atoms with Crippen molar-refractivity contribution in [1.82, 2.24) is 19.8 Å². The zero-order chi connectivity index (χ0) is 13.0. The SMILES string of the molecule is CCN1CCOC(CNS(=O)(=O)c2ccn[nH]2)C1. The molecule has 2 N–H and O–H groups in total. The van der Waals surface area contributed by atoms with Gasteiger partial charge in [0.25, 0.3) is 10.0 Å². The number of hydrogen-bond acceptors (Lipinski definition) is 5. The van der Waals surface area contributed by atoms with Gasteiger partial charge in [0, 0.05) is 19.6 Å². The number of rotatable bonds is 5. The van der Waals surface area contributed by atoms with E-state index < -0.39 is 10.0 Å². The minimum atomic E-state index is -3.51. The molecule has 1 unspecified atom stereocenters. The summed E-state index contributed by atoms with van der Waals surface area (Å²) in [5.74, 6) is 0. The van der Waals surface area contributed by atoms with Crippen LogP contribution in [-0.2, 0) is 14.8 Å². The lowest BCUT2D eigenvalue weighted by atomic mass is 10.3. The first-order valence-electron chi connectivity index (χ1n) is 5.95. The van der Waals surface area contributed by atoms with Gasteiger partial charge in [0.1, 0.15) is 0 Å². The zero-order valence-corrected chi connectivity index (χ0v) is 11.1. The van der Waals surface area contributed by atoms with Crippen LogP contribution in [0.5, 0.6) is 0 Å². The Morgan fingerprint density at radius 2 is 2.50 bits per heavy atom. The summed E-state index contributed by atoms with van der Waals surface area (Å²) in [5, 5.41) is 6.13. The minimum absolute atomic E-state index is 0.0747. The standard InChI is InChI=1S/C10H18N4O3S/c1-2-14-5-6-17-9(8-14)7-12-18(15,16)10-3-4-11-13-10/h3-4,9,12H,2,5-8H2,1H3,(H,11,13). The molecule has 0 amide bonds. The maximum absolute atomic E-state index is 11.8. The molecule has 0 aliphatic carbocycles. The van der Waals surface area contributed by atoms with Crippen molar-refractivity contribution in [3.05, 3.63) is 12.3 Å². The number of likely N-dealkylation sites (N-methyl/N-ethyl adjacent to an activating group) is 1. The lowest BCUT2D eigenvalue weighted by Crippen LogP contribution is -2.47. The van der Waals surface area contributed by atoms with Gasteiger partial charge in [-0.2, -0.15) is 5.10 Å². The molecule has 1 aliphatic heterocycles. The van der Waals surface area contributed by atoms with E-state index in [9.17, 15) is 8.42 Å². The molecule has 1 aliphatic rings. The Hall–Kier alpha value is -0.960. The van der Waals surface area contributed by atoms with Gasteiger partial charge in [0.2, 0.25) is 0 Å². The van der Waals surface area contributed by atoms with Gasteiger partial charge in [-0.15, -0.1) is 0 Å². The highest BCUT2D eigenvalue weighted by atomic mass is 32.2. The van der Waals surface area contributed by atoms with Crippen molar-refractivity contribution in [2.45, 2.75) is 18.1 Å². The van der Waals surface area contributed by atoms with Gasteiger partial charge < -0.3 is 4.74 Å². The third-order valence-electron chi connectivity index (χ3n) is 2.94. The smallest absolute Gasteiger partial charge is 0.257 e. The highest BCUT2D eigenvalue weighted by Gasteiger charge is 2.22. The molecule has 1 aromatic heterocycles. The van der Waals surface area contributed by atoms with Crippen molar-refractivity contribution in [2.24, 2.45) is 0 Å². The Morgan fingerprint density at radius 1 is 1.67 bits per heavy atom. The molecule has 18 heavy (non-hydrogen) atoms. The molecular weight excluding hydrogens is 256 g/mol. The third kappa shape index (κ3) is 3.29. The van der Waals surface area contributed by atoms with E-state index in [0.29, 0.717) is 6.61 Å². The van der Waals surface area contributed by atoms with Gasteiger partial charge in [-0.25, -0.2) is 13.1 Å². The topological polar surface area (TPSA) is 87.3 Å². The molecule has 2 rings (SSSR count). The average Bonchev–Trinajstić information content (AvgIpc) is 2.91. The summed E-state index contributed by atoms with van der Waals surface area (Å²) in [6.45, 7) is 5.61. The van der Waals surface area contributed by atoms with E-state index in [0.717, 1.165) is 19.6 Å². The van der Waals surface area contributed by atoms with Crippen molar-refractivity contribution in [3.63, 3.8) is 0 Å². The number of aromatic amines is 1. The Kier molecular flexibility index (Phi) is 4.33. The second kappa shape index (κ2) is 5.79. The predicted molar refractivity (Wildman–Crippen MR) is 65.6 cm³/mol. The quantitative estimate of drug-likeness (QED) is 0.749. The fourth-order valence-corrected chi connectivity index (χ4v) is 2.84. The van der Waals surface area contributed by atoms with Crippen LogP contribution < -0.4 is 4.72 Å². The van der Waals surface area contributed by atoms with Crippen LogP contribution in [0.3, 0.4) is 0 Å². The van der Waals surface area contributed by atoms with Crippen LogP contribution in [0.1, 0.15) is 6.92 Å². The largest absolute Gasteiger partial charge is 0.374 e. The molecule has 0 spiro atoms. The van der Waals surface area contributed by atoms with E-state index in [4.69, 9.17) is 4.74 Å². The maximum Gasteiger partial charge on any atom is 0.257 e. The van der Waals surface area contributed by atoms with Gasteiger partial charge in [0.15, 0.2) is 5.03 Å². The summed E-state index contributed by atoms with van der Waals surface area (Å²) in [4.78, 5) is 2.23. The molecule has 1 aromatic rings. The molecule has 1 fully saturated rings. The van der Waals surface area contributed by atoms with E-state index in [2.05, 4.69) is 26.7 Å². The normalized spacial score (nSPS) is 22.2. The Labute approximate surface area is 107 Å². The first-order chi connectivity index (χ1) is 8.62. The van der Waals surface area contributed by atoms with Crippen molar-refractivity contribution < 1.29 is 13.2 Å². The molecule has 1 saturated heterocycles. The van der Waals surface area contributed by atoms with Gasteiger partial charge in [-0.3, -0.25) is 10.00 Å². The van der Waals surface area contributed by atoms with E-state index >= 15 is 0 Å². The Morgan fingerprint density at radius 3 is 3.17 bits per heavy atom. The number of sulfonamides is 1. The van der Waals surface area contributed by atoms with E-state index in [-0.39, 0.29) is 17.7 Å². The van der Waals surface area contributed by atoms with Crippen LogP contribution >= 0.6 is 0 Å². The van der Waals surface area contributed by atoms with Gasteiger partial charge in [-0.1, -0.05) is 6.92 Å². The van der Waals surface area contributed by atoms with Crippen molar-refractivity contribution in [3.8, 4) is 0 Å². The molecule has 0 bridgehead atoms. The van der Waals surface area contributed by atoms with Crippen LogP contribution in [0, 0.1) is 0 Å². The second-order valence-electron chi connectivity index (χ2n) is 4.16. The van der Waals surface area contributed by atoms with Crippen molar-refractivity contribution in [1.29, 1.82) is 0 Å². The highest BCUT2D eigenvalue weighted by Crippen LogP contribution is 2.06. The average molecular weight is 274 g/mol. The molecular formula is C10H18N4O3S. The number of morpholine rings is 1. The number of H-pyrrole nitrogens is 1. The number of ether oxygens (including phenoxy) is 1. The van der Waals surface area contributed by atoms with E-state index in [1.807, 2.05) is 0 Å². The fourth-order valence-electron chi connectivity index (χ4n) is 1.86. The lowest BCUT2D eigenvalue weighted by molar-refractivity contribution is -0.0229. The first kappa shape index (κ1) is 13.5. The lowest BCUT2D eigenvalue weighted by Gasteiger charge is -2.31. The second-order valence-corrected chi connectivity index (χ2v) is 5.89. The number of nitrogens with zero attached hydrogens (tertiary/aromatic N) is 2. The summed E-state index contributed by atoms with van der Waals surface area (Å²) in [7, 11) is -3.51. The summed E-state index contributed by atoms with van der Waals surface area (Å²) >= 11 is 0. The van der Waals surface area contributed by atoms with E-state index in [1.165, 1.54) is 12.3 Å². The molecule has 2 heterocycles. The fraction of sp³-hybridized carbons (Fsp3) is 0.700. The summed E-state index contributed by atoms with van der Waals surface area (Å²) in [6.07, 6.45) is 1.31. The van der Waals surface area contributed by atoms with Crippen LogP contribution in [0.15, 0.2) is 17.3 Å². The van der Waals surface area contributed by atoms with E-state index in [1.54, 1.807) is 0 Å². The Balaban J connectivity index is 1.88. The zero-order valence-electron chi connectivity index (χ0n) is 10.3. The first-order valence-corrected chi connectivity index (χ1v) is 7.43. The summed E-state index contributed by atoms with van der Waals surface area (Å²) < 4.78 is 31.7.